The summed E-state index contributed by atoms with van der Waals surface area (Å²) in [6.45, 7) is 7.30. The molecule has 4 aromatic heterocycles. The van der Waals surface area contributed by atoms with E-state index in [-0.39, 0.29) is 50.8 Å². The zero-order chi connectivity index (χ0) is 32.2. The minimum atomic E-state index is -1.21. The maximum absolute atomic E-state index is 14.9. The van der Waals surface area contributed by atoms with Crippen molar-refractivity contribution in [2.24, 2.45) is 5.41 Å². The summed E-state index contributed by atoms with van der Waals surface area (Å²) in [5, 5.41) is 16.8. The fourth-order valence-corrected chi connectivity index (χ4v) is 5.45. The van der Waals surface area contributed by atoms with Crippen molar-refractivity contribution in [3.63, 3.8) is 0 Å². The third-order valence-electron chi connectivity index (χ3n) is 7.55. The molecule has 4 N–H and O–H groups in total. The number of nitrogen functional groups attached to an aromatic ring is 1. The molecule has 0 saturated carbocycles. The Labute approximate surface area is 254 Å². The van der Waals surface area contributed by atoms with Crippen LogP contribution in [0.2, 0.25) is 0 Å². The number of rotatable bonds is 6. The molecule has 0 saturated heterocycles. The third kappa shape index (κ3) is 5.15. The van der Waals surface area contributed by atoms with Gasteiger partial charge in [-0.15, -0.1) is 0 Å². The number of nitrogens with one attached hydrogen (secondary N) is 1. The molecule has 4 heterocycles. The number of aromatic nitrogens is 4. The van der Waals surface area contributed by atoms with E-state index in [0.29, 0.717) is 11.1 Å². The van der Waals surface area contributed by atoms with E-state index in [1.807, 2.05) is 20.8 Å². The lowest BCUT2D eigenvalue weighted by Gasteiger charge is -2.28. The minimum absolute atomic E-state index is 0.00246. The van der Waals surface area contributed by atoms with Crippen LogP contribution in [0.1, 0.15) is 51.3 Å². The second-order valence-corrected chi connectivity index (χ2v) is 11.7. The summed E-state index contributed by atoms with van der Waals surface area (Å²) in [5.74, 6) is -0.584. The second kappa shape index (κ2) is 10.8. The van der Waals surface area contributed by atoms with Crippen molar-refractivity contribution in [2.75, 3.05) is 5.73 Å². The lowest BCUT2D eigenvalue weighted by Crippen LogP contribution is -2.35. The number of hydrogen-bond acceptors (Lipinski definition) is 8. The molecule has 0 spiro atoms. The molecule has 11 nitrogen and oxygen atoms in total. The number of nitrogens with two attached hydrogens (primary N) is 1. The normalized spacial score (nSPS) is 13.3. The molecule has 6 aromatic rings. The average Bonchev–Trinajstić information content (AvgIpc) is 3.61. The van der Waals surface area contributed by atoms with Crippen LogP contribution in [0.25, 0.3) is 44.6 Å². The van der Waals surface area contributed by atoms with E-state index >= 15 is 0 Å². The lowest BCUT2D eigenvalue weighted by molar-refractivity contribution is 0.168. The minimum Gasteiger partial charge on any atom is -0.465 e. The fraction of sp³-hybridized carbons (Fsp3) is 0.219. The zero-order valence-corrected chi connectivity index (χ0v) is 24.6. The summed E-state index contributed by atoms with van der Waals surface area (Å²) in [6, 6.07) is 11.2. The number of halogens is 2. The number of nitrogens with zero attached hydrogens (tertiary/aromatic N) is 4. The molecule has 1 amide bonds. The van der Waals surface area contributed by atoms with Gasteiger partial charge in [0.25, 0.3) is 0 Å². The number of hydrogen-bond donors (Lipinski definition) is 3. The molecular formula is C32H28F2N6O5. The van der Waals surface area contributed by atoms with E-state index < -0.39 is 40.7 Å². The first kappa shape index (κ1) is 29.5. The summed E-state index contributed by atoms with van der Waals surface area (Å²) in [5.41, 5.74) is 5.77. The van der Waals surface area contributed by atoms with Crippen LogP contribution in [0.15, 0.2) is 74.6 Å². The monoisotopic (exact) mass is 614 g/mol. The predicted octanol–water partition coefficient (Wildman–Crippen LogP) is 6.68. The number of carbonyl (C=O) groups is 1. The Morgan fingerprint density at radius 3 is 2.51 bits per heavy atom. The highest BCUT2D eigenvalue weighted by atomic mass is 19.1. The molecule has 0 aliphatic carbocycles. The van der Waals surface area contributed by atoms with Gasteiger partial charge in [0.15, 0.2) is 11.4 Å². The summed E-state index contributed by atoms with van der Waals surface area (Å²) in [7, 11) is 0. The van der Waals surface area contributed by atoms with Gasteiger partial charge in [0, 0.05) is 0 Å². The highest BCUT2D eigenvalue weighted by Crippen LogP contribution is 2.39. The van der Waals surface area contributed by atoms with Gasteiger partial charge in [-0.3, -0.25) is 4.79 Å². The molecule has 2 atom stereocenters. The van der Waals surface area contributed by atoms with Crippen LogP contribution in [0.3, 0.4) is 0 Å². The number of amides is 1. The van der Waals surface area contributed by atoms with Crippen LogP contribution in [0.4, 0.5) is 19.4 Å². The molecule has 2 unspecified atom stereocenters. The largest absolute Gasteiger partial charge is 0.465 e. The SMILES string of the molecule is CC(c1oc2cccc(F)c2c(=O)c1-c1cccc(F)c1)n1nc(-c2ccc(C(NC(=O)O)C(C)(C)C)o2)c2c(N)ncnc21. The standard InChI is InChI=1S/C32H28F2N6O5/c1-15(27-22(16-7-5-8-17(33)13-16)26(41)23-18(34)9-6-10-19(23)45-27)40-30-24(29(35)36-14-37-30)25(39-40)20-11-12-21(44-20)28(32(2,3)4)38-31(42)43/h5-15,28,38H,1-4H3,(H,42,43)(H2,35,36,37). The van der Waals surface area contributed by atoms with E-state index in [1.165, 1.54) is 47.4 Å². The Balaban J connectivity index is 1.57. The molecule has 13 heteroatoms. The van der Waals surface area contributed by atoms with Crippen molar-refractivity contribution in [1.29, 1.82) is 0 Å². The Hall–Kier alpha value is -5.59. The Morgan fingerprint density at radius 2 is 1.80 bits per heavy atom. The Bertz CT molecular complexity index is 2160. The first-order valence-corrected chi connectivity index (χ1v) is 13.9. The molecule has 0 bridgehead atoms. The van der Waals surface area contributed by atoms with Crippen LogP contribution in [-0.2, 0) is 0 Å². The number of anilines is 1. The summed E-state index contributed by atoms with van der Waals surface area (Å²) in [6.07, 6.45) is 0.0473. The van der Waals surface area contributed by atoms with Gasteiger partial charge in [-0.25, -0.2) is 28.2 Å². The molecule has 2 aromatic carbocycles. The zero-order valence-electron chi connectivity index (χ0n) is 24.6. The van der Waals surface area contributed by atoms with Gasteiger partial charge in [0.1, 0.15) is 58.0 Å². The molecule has 45 heavy (non-hydrogen) atoms. The molecular weight excluding hydrogens is 586 g/mol. The molecule has 230 valence electrons. The summed E-state index contributed by atoms with van der Waals surface area (Å²) >= 11 is 0. The van der Waals surface area contributed by atoms with Crippen molar-refractivity contribution >= 4 is 33.9 Å². The van der Waals surface area contributed by atoms with Gasteiger partial charge in [-0.2, -0.15) is 5.10 Å². The molecule has 0 fully saturated rings. The van der Waals surface area contributed by atoms with Crippen LogP contribution in [0.5, 0.6) is 0 Å². The molecule has 6 rings (SSSR count). The van der Waals surface area contributed by atoms with Crippen molar-refractivity contribution in [1.82, 2.24) is 25.1 Å². The van der Waals surface area contributed by atoms with Crippen molar-refractivity contribution < 1.29 is 27.5 Å². The number of benzene rings is 2. The number of furan rings is 1. The van der Waals surface area contributed by atoms with E-state index in [4.69, 9.17) is 19.7 Å². The Morgan fingerprint density at radius 1 is 1.04 bits per heavy atom. The van der Waals surface area contributed by atoms with Gasteiger partial charge in [0.2, 0.25) is 5.43 Å². The van der Waals surface area contributed by atoms with Crippen molar-refractivity contribution in [3.8, 4) is 22.6 Å². The number of carboxylic acid groups (broad SMARTS) is 1. The van der Waals surface area contributed by atoms with Gasteiger partial charge in [-0.1, -0.05) is 39.0 Å². The number of fused-ring (bicyclic) bond motifs is 2. The van der Waals surface area contributed by atoms with E-state index in [2.05, 4.69) is 15.3 Å². The van der Waals surface area contributed by atoms with Crippen LogP contribution in [0, 0.1) is 17.0 Å². The summed E-state index contributed by atoms with van der Waals surface area (Å²) < 4.78 is 43.1. The van der Waals surface area contributed by atoms with Gasteiger partial charge >= 0.3 is 6.09 Å². The maximum atomic E-state index is 14.9. The van der Waals surface area contributed by atoms with Crippen molar-refractivity contribution in [2.45, 2.75) is 39.8 Å². The third-order valence-corrected chi connectivity index (χ3v) is 7.55. The Kier molecular flexibility index (Phi) is 7.10. The van der Waals surface area contributed by atoms with E-state index in [1.54, 1.807) is 19.1 Å². The van der Waals surface area contributed by atoms with E-state index in [9.17, 15) is 23.5 Å². The van der Waals surface area contributed by atoms with Crippen molar-refractivity contribution in [3.05, 3.63) is 94.3 Å². The quantitative estimate of drug-likeness (QED) is 0.186. The van der Waals surface area contributed by atoms with Gasteiger partial charge in [0.05, 0.1) is 17.0 Å². The highest BCUT2D eigenvalue weighted by Gasteiger charge is 2.32. The summed E-state index contributed by atoms with van der Waals surface area (Å²) in [4.78, 5) is 33.9. The average molecular weight is 615 g/mol. The second-order valence-electron chi connectivity index (χ2n) is 11.7. The van der Waals surface area contributed by atoms with E-state index in [0.717, 1.165) is 6.07 Å². The van der Waals surface area contributed by atoms with Gasteiger partial charge < -0.3 is 25.0 Å². The van der Waals surface area contributed by atoms with Crippen LogP contribution >= 0.6 is 0 Å². The topological polar surface area (TPSA) is 162 Å². The first-order chi connectivity index (χ1) is 21.3. The van der Waals surface area contributed by atoms with Gasteiger partial charge in [-0.05, 0) is 54.3 Å². The smallest absolute Gasteiger partial charge is 0.405 e. The molecule has 0 aliphatic heterocycles. The maximum Gasteiger partial charge on any atom is 0.405 e. The predicted molar refractivity (Wildman–Crippen MR) is 162 cm³/mol. The lowest BCUT2D eigenvalue weighted by atomic mass is 9.85. The van der Waals surface area contributed by atoms with Crippen LogP contribution < -0.4 is 16.5 Å². The highest BCUT2D eigenvalue weighted by molar-refractivity contribution is 5.97. The molecule has 0 aliphatic rings. The van der Waals surface area contributed by atoms with Crippen LogP contribution in [-0.4, -0.2) is 30.9 Å². The molecule has 0 radical (unpaired) electrons. The first-order valence-electron chi connectivity index (χ1n) is 13.9. The fourth-order valence-electron chi connectivity index (χ4n) is 5.45.